The van der Waals surface area contributed by atoms with Crippen molar-refractivity contribution in [3.63, 3.8) is 0 Å². The van der Waals surface area contributed by atoms with Gasteiger partial charge in [0.2, 0.25) is 11.9 Å². The molecule has 8 rings (SSSR count). The topological polar surface area (TPSA) is 299 Å². The normalized spacial score (nSPS) is 14.6. The molecule has 22 nitrogen and oxygen atoms in total. The van der Waals surface area contributed by atoms with Crippen molar-refractivity contribution in [2.24, 2.45) is 15.7 Å². The summed E-state index contributed by atoms with van der Waals surface area (Å²) in [5, 5.41) is 19.7. The number of nitrogens with one attached hydrogen (secondary N) is 4. The number of rotatable bonds is 22. The summed E-state index contributed by atoms with van der Waals surface area (Å²) in [6.07, 6.45) is 1.20. The standard InChI is InChI=1S/C39H48N4O6.C24H30N4O3.C14H19NO4/c1-37(2,3)48-35(46)40-31(27-28-19-11-7-12-20-28)32(44)25-17-10-18-26-43-33(45)39(29-21-13-8-14-22-29,30-23-15-9-16-24-30)42-34(43)41-36(47)49-38(4,5)6;1-23(2,3)31-22(30)26-21-27-24(18-12-6-4-7-13-18,19-14-8-5-9-15-19)20(29)28(21)17-11-10-16-25;1-14(2,3)19-13(18)15-11(12(16)17)9-10-7-5-4-6-8-10/h7-9,11-16,19-24,31H,10,17-18,25-27H2,1-6H3,(H,40,46)(H,41,42,47);4-9,12-15H,10-11,16-17,25H2,1-3H3,(H,26,27,30);4-8,11H,9H2,1-3H3,(H,15,18)(H,16,17)/t31-;;11-/m0.0/s1. The van der Waals surface area contributed by atoms with Crippen LogP contribution < -0.4 is 27.0 Å². The number of amides is 6. The number of ether oxygens (including phenoxy) is 4. The van der Waals surface area contributed by atoms with E-state index in [1.165, 1.54) is 9.80 Å². The van der Waals surface area contributed by atoms with Gasteiger partial charge in [0.15, 0.2) is 16.9 Å². The molecule has 22 heteroatoms. The molecular formula is C77H97N9O13. The lowest BCUT2D eigenvalue weighted by Crippen LogP contribution is -2.47. The molecule has 0 aliphatic carbocycles. The minimum absolute atomic E-state index is 0.104. The first kappa shape index (κ1) is 77.8. The van der Waals surface area contributed by atoms with Gasteiger partial charge < -0.3 is 40.4 Å². The third-order valence-electron chi connectivity index (χ3n) is 14.9. The molecule has 528 valence electrons. The Morgan fingerprint density at radius 1 is 0.424 bits per heavy atom. The van der Waals surface area contributed by atoms with Crippen LogP contribution in [-0.2, 0) is 62.0 Å². The third-order valence-corrected chi connectivity index (χ3v) is 14.9. The van der Waals surface area contributed by atoms with Crippen LogP contribution in [0, 0.1) is 0 Å². The predicted octanol–water partition coefficient (Wildman–Crippen LogP) is 12.5. The lowest BCUT2D eigenvalue weighted by molar-refractivity contribution is -0.139. The van der Waals surface area contributed by atoms with Crippen LogP contribution in [-0.4, -0.2) is 129 Å². The van der Waals surface area contributed by atoms with Gasteiger partial charge in [-0.2, -0.15) is 0 Å². The van der Waals surface area contributed by atoms with E-state index in [1.54, 1.807) is 83.1 Å². The van der Waals surface area contributed by atoms with Crippen LogP contribution in [0.25, 0.3) is 0 Å². The maximum absolute atomic E-state index is 14.5. The van der Waals surface area contributed by atoms with Crippen molar-refractivity contribution in [3.05, 3.63) is 215 Å². The summed E-state index contributed by atoms with van der Waals surface area (Å²) in [7, 11) is 0. The Balaban J connectivity index is 0.000000262. The average molecular weight is 1360 g/mol. The number of benzene rings is 6. The Kier molecular flexibility index (Phi) is 27.8. The van der Waals surface area contributed by atoms with Crippen LogP contribution in [0.1, 0.15) is 155 Å². The molecule has 6 amide bonds. The second kappa shape index (κ2) is 35.3. The number of ketones is 1. The Bertz CT molecular complexity index is 3620. The van der Waals surface area contributed by atoms with Crippen LogP contribution >= 0.6 is 0 Å². The molecule has 6 aromatic rings. The first-order valence-electron chi connectivity index (χ1n) is 33.3. The molecular weight excluding hydrogens is 1260 g/mol. The Hall–Kier alpha value is -10.2. The molecule has 7 N–H and O–H groups in total. The summed E-state index contributed by atoms with van der Waals surface area (Å²) in [5.74, 6) is -1.41. The molecule has 6 aromatic carbocycles. The number of Topliss-reactive ketones (excluding diaryl/α,β-unsaturated/α-hetero) is 1. The zero-order valence-corrected chi connectivity index (χ0v) is 59.0. The highest BCUT2D eigenvalue weighted by Crippen LogP contribution is 2.42. The minimum Gasteiger partial charge on any atom is -0.480 e. The van der Waals surface area contributed by atoms with Crippen LogP contribution in [0.3, 0.4) is 0 Å². The number of aliphatic carboxylic acids is 1. The SMILES string of the molecule is CC(C)(C)OC(=O)NC1=NC(c2ccccc2)(c2ccccc2)C(=O)N1CCCCCC(=O)[C@H](Cc1ccccc1)NC(=O)OC(C)(C)C.CC(C)(C)OC(=O)NC1=NC(c2ccccc2)(c2ccccc2)C(=O)N1CCCCN.CC(C)(C)OC(=O)N[C@@H](Cc1ccccc1)C(=O)O. The zero-order valence-electron chi connectivity index (χ0n) is 59.0. The maximum atomic E-state index is 14.5. The first-order chi connectivity index (χ1) is 46.7. The van der Waals surface area contributed by atoms with Gasteiger partial charge in [-0.1, -0.05) is 188 Å². The highest BCUT2D eigenvalue weighted by molar-refractivity contribution is 6.14. The number of unbranched alkanes of at least 4 members (excludes halogenated alkanes) is 3. The number of aliphatic imine (C=N–C) groups is 2. The quantitative estimate of drug-likeness (QED) is 0.0272. The van der Waals surface area contributed by atoms with E-state index in [2.05, 4.69) is 21.3 Å². The summed E-state index contributed by atoms with van der Waals surface area (Å²) in [4.78, 5) is 115. The van der Waals surface area contributed by atoms with Gasteiger partial charge in [0.1, 0.15) is 28.4 Å². The number of carboxylic acid groups (broad SMARTS) is 1. The molecule has 2 aliphatic heterocycles. The fourth-order valence-electron chi connectivity index (χ4n) is 10.7. The van der Waals surface area contributed by atoms with Crippen molar-refractivity contribution in [1.82, 2.24) is 31.1 Å². The van der Waals surface area contributed by atoms with E-state index in [0.29, 0.717) is 56.3 Å². The Labute approximate surface area is 581 Å². The molecule has 2 heterocycles. The van der Waals surface area contributed by atoms with Crippen molar-refractivity contribution in [2.75, 3.05) is 19.6 Å². The maximum Gasteiger partial charge on any atom is 0.414 e. The number of carbonyl (C=O) groups is 8. The number of hydrogen-bond acceptors (Lipinski definition) is 15. The van der Waals surface area contributed by atoms with Gasteiger partial charge in [-0.05, 0) is 155 Å². The molecule has 2 atom stereocenters. The largest absolute Gasteiger partial charge is 0.480 e. The number of nitrogens with two attached hydrogens (primary N) is 1. The van der Waals surface area contributed by atoms with Crippen molar-refractivity contribution >= 4 is 59.9 Å². The van der Waals surface area contributed by atoms with Gasteiger partial charge in [0.05, 0.1) is 6.04 Å². The molecule has 0 saturated carbocycles. The van der Waals surface area contributed by atoms with Crippen LogP contribution in [0.2, 0.25) is 0 Å². The van der Waals surface area contributed by atoms with Crippen molar-refractivity contribution in [2.45, 2.75) is 180 Å². The van der Waals surface area contributed by atoms with Crippen LogP contribution in [0.4, 0.5) is 19.2 Å². The van der Waals surface area contributed by atoms with E-state index in [9.17, 15) is 38.4 Å². The molecule has 0 radical (unpaired) electrons. The van der Waals surface area contributed by atoms with Crippen molar-refractivity contribution in [1.29, 1.82) is 0 Å². The summed E-state index contributed by atoms with van der Waals surface area (Å²) >= 11 is 0. The van der Waals surface area contributed by atoms with Gasteiger partial charge in [-0.15, -0.1) is 0 Å². The summed E-state index contributed by atoms with van der Waals surface area (Å²) in [6, 6.07) is 54.3. The summed E-state index contributed by atoms with van der Waals surface area (Å²) in [5.41, 5.74) is 4.75. The fraction of sp³-hybridized carbons (Fsp3) is 0.403. The van der Waals surface area contributed by atoms with Gasteiger partial charge >= 0.3 is 30.3 Å². The second-order valence-electron chi connectivity index (χ2n) is 27.8. The van der Waals surface area contributed by atoms with Crippen molar-refractivity contribution in [3.8, 4) is 0 Å². The fourth-order valence-corrected chi connectivity index (χ4v) is 10.7. The van der Waals surface area contributed by atoms with Crippen LogP contribution in [0.15, 0.2) is 192 Å². The molecule has 0 unspecified atom stereocenters. The van der Waals surface area contributed by atoms with E-state index < -0.39 is 75.9 Å². The second-order valence-corrected chi connectivity index (χ2v) is 27.8. The number of alkyl carbamates (subject to hydrolysis) is 4. The smallest absolute Gasteiger partial charge is 0.414 e. The number of carbonyl (C=O) groups excluding carboxylic acids is 7. The number of carboxylic acids is 1. The lowest BCUT2D eigenvalue weighted by atomic mass is 9.83. The van der Waals surface area contributed by atoms with Gasteiger partial charge in [-0.3, -0.25) is 34.8 Å². The van der Waals surface area contributed by atoms with E-state index in [1.807, 2.05) is 182 Å². The van der Waals surface area contributed by atoms with Gasteiger partial charge in [-0.25, -0.2) is 34.0 Å². The highest BCUT2D eigenvalue weighted by atomic mass is 16.6. The number of hydrogen-bond donors (Lipinski definition) is 6. The first-order valence-corrected chi connectivity index (χ1v) is 33.3. The Morgan fingerprint density at radius 3 is 1.03 bits per heavy atom. The predicted molar refractivity (Wildman–Crippen MR) is 380 cm³/mol. The average Bonchev–Trinajstić information content (AvgIpc) is 1.61. The molecule has 0 spiro atoms. The van der Waals surface area contributed by atoms with Crippen LogP contribution in [0.5, 0.6) is 0 Å². The molecule has 2 aliphatic rings. The van der Waals surface area contributed by atoms with E-state index in [0.717, 1.165) is 28.7 Å². The zero-order chi connectivity index (χ0) is 72.6. The van der Waals surface area contributed by atoms with E-state index in [4.69, 9.17) is 39.8 Å². The summed E-state index contributed by atoms with van der Waals surface area (Å²) in [6.45, 7) is 22.3. The molecule has 0 bridgehead atoms. The van der Waals surface area contributed by atoms with E-state index in [-0.39, 0.29) is 48.9 Å². The molecule has 0 aromatic heterocycles. The third kappa shape index (κ3) is 23.8. The lowest BCUT2D eigenvalue weighted by Gasteiger charge is -2.27. The highest BCUT2D eigenvalue weighted by Gasteiger charge is 2.53. The minimum atomic E-state index is -1.40. The molecule has 0 saturated heterocycles. The van der Waals surface area contributed by atoms with Crippen molar-refractivity contribution < 1.29 is 62.4 Å². The van der Waals surface area contributed by atoms with E-state index >= 15 is 0 Å². The number of nitrogens with zero attached hydrogens (tertiary/aromatic N) is 4. The summed E-state index contributed by atoms with van der Waals surface area (Å²) < 4.78 is 21.4. The number of guanidine groups is 2. The molecule has 99 heavy (non-hydrogen) atoms. The monoisotopic (exact) mass is 1360 g/mol. The van der Waals surface area contributed by atoms with Gasteiger partial charge in [0, 0.05) is 25.9 Å². The Morgan fingerprint density at radius 2 is 0.717 bits per heavy atom. The van der Waals surface area contributed by atoms with Gasteiger partial charge in [0.25, 0.3) is 11.8 Å². The molecule has 0 fully saturated rings.